The molecule has 0 amide bonds. The average Bonchev–Trinajstić information content (AvgIpc) is 2.62. The second-order valence-electron chi connectivity index (χ2n) is 4.50. The number of rotatable bonds is 3. The van der Waals surface area contributed by atoms with Crippen LogP contribution < -0.4 is 5.32 Å². The summed E-state index contributed by atoms with van der Waals surface area (Å²) in [6, 6.07) is 4.77. The van der Waals surface area contributed by atoms with Crippen LogP contribution in [0, 0.1) is 5.82 Å². The van der Waals surface area contributed by atoms with Crippen molar-refractivity contribution >= 4 is 15.9 Å². The van der Waals surface area contributed by atoms with E-state index in [2.05, 4.69) is 26.1 Å². The monoisotopic (exact) mass is 316 g/mol. The molecule has 2 rings (SSSR count). The van der Waals surface area contributed by atoms with Gasteiger partial charge in [0.05, 0.1) is 12.6 Å². The van der Waals surface area contributed by atoms with Crippen molar-refractivity contribution in [3.63, 3.8) is 0 Å². The van der Waals surface area contributed by atoms with Crippen molar-refractivity contribution in [3.8, 4) is 0 Å². The summed E-state index contributed by atoms with van der Waals surface area (Å²) in [5, 5.41) is 12.9. The topological polar surface area (TPSA) is 35.5 Å². The molecule has 1 aromatic carbocycles. The summed E-state index contributed by atoms with van der Waals surface area (Å²) in [5.74, 6) is -0.263. The van der Waals surface area contributed by atoms with E-state index in [9.17, 15) is 9.50 Å². The zero-order valence-electron chi connectivity index (χ0n) is 10.2. The van der Waals surface area contributed by atoms with E-state index in [1.54, 1.807) is 6.07 Å². The summed E-state index contributed by atoms with van der Waals surface area (Å²) in [6.45, 7) is 3.53. The van der Waals surface area contributed by atoms with E-state index < -0.39 is 0 Å². The Balaban J connectivity index is 2.20. The number of hydrogen-bond acceptors (Lipinski definition) is 3. The molecule has 2 N–H and O–H groups in total. The van der Waals surface area contributed by atoms with E-state index in [4.69, 9.17) is 0 Å². The Morgan fingerprint density at radius 1 is 1.39 bits per heavy atom. The van der Waals surface area contributed by atoms with Crippen LogP contribution in [-0.4, -0.2) is 42.8 Å². The molecule has 5 heteroatoms. The first-order chi connectivity index (χ1) is 8.72. The van der Waals surface area contributed by atoms with E-state index in [0.717, 1.165) is 37.1 Å². The zero-order chi connectivity index (χ0) is 13.0. The number of nitrogens with one attached hydrogen (secondary N) is 1. The van der Waals surface area contributed by atoms with Crippen molar-refractivity contribution in [2.45, 2.75) is 12.5 Å². The summed E-state index contributed by atoms with van der Waals surface area (Å²) >= 11 is 3.25. The van der Waals surface area contributed by atoms with Gasteiger partial charge in [0.2, 0.25) is 0 Å². The number of hydrogen-bond donors (Lipinski definition) is 2. The standard InChI is InChI=1S/C13H18BrFN2O/c14-10-2-3-11(12(15)8-10)13(9-18)17-6-1-4-16-5-7-17/h2-3,8,13,16,18H,1,4-7,9H2. The van der Waals surface area contributed by atoms with Crippen molar-refractivity contribution < 1.29 is 9.50 Å². The van der Waals surface area contributed by atoms with Gasteiger partial charge in [-0.05, 0) is 25.1 Å². The minimum atomic E-state index is -0.263. The Kier molecular flexibility index (Phi) is 5.12. The van der Waals surface area contributed by atoms with Crippen molar-refractivity contribution in [2.24, 2.45) is 0 Å². The molecule has 1 atom stereocenters. The first-order valence-electron chi connectivity index (χ1n) is 6.23. The maximum atomic E-state index is 14.0. The van der Waals surface area contributed by atoms with Crippen LogP contribution in [0.4, 0.5) is 4.39 Å². The lowest BCUT2D eigenvalue weighted by Crippen LogP contribution is -2.34. The van der Waals surface area contributed by atoms with Crippen molar-refractivity contribution in [3.05, 3.63) is 34.1 Å². The Bertz CT molecular complexity index is 395. The maximum Gasteiger partial charge on any atom is 0.129 e. The predicted molar refractivity (Wildman–Crippen MR) is 73.0 cm³/mol. The fourth-order valence-corrected chi connectivity index (χ4v) is 2.69. The molecule has 0 radical (unpaired) electrons. The summed E-state index contributed by atoms with van der Waals surface area (Å²) < 4.78 is 14.7. The van der Waals surface area contributed by atoms with Crippen LogP contribution in [0.5, 0.6) is 0 Å². The summed E-state index contributed by atoms with van der Waals surface area (Å²) in [4.78, 5) is 2.15. The molecule has 1 fully saturated rings. The van der Waals surface area contributed by atoms with Crippen LogP contribution in [-0.2, 0) is 0 Å². The number of aliphatic hydroxyl groups is 1. The second-order valence-corrected chi connectivity index (χ2v) is 5.42. The van der Waals surface area contributed by atoms with Crippen LogP contribution in [0.25, 0.3) is 0 Å². The molecule has 18 heavy (non-hydrogen) atoms. The Hall–Kier alpha value is -0.490. The van der Waals surface area contributed by atoms with Crippen molar-refractivity contribution in [1.29, 1.82) is 0 Å². The number of halogens is 2. The van der Waals surface area contributed by atoms with Gasteiger partial charge < -0.3 is 10.4 Å². The molecule has 1 heterocycles. The molecule has 0 bridgehead atoms. The largest absolute Gasteiger partial charge is 0.394 e. The van der Waals surface area contributed by atoms with Crippen LogP contribution in [0.2, 0.25) is 0 Å². The zero-order valence-corrected chi connectivity index (χ0v) is 11.8. The Morgan fingerprint density at radius 3 is 2.94 bits per heavy atom. The highest BCUT2D eigenvalue weighted by Gasteiger charge is 2.23. The quantitative estimate of drug-likeness (QED) is 0.894. The summed E-state index contributed by atoms with van der Waals surface area (Å²) in [5.41, 5.74) is 0.572. The molecule has 1 aromatic rings. The fraction of sp³-hybridized carbons (Fsp3) is 0.538. The third-order valence-corrected chi connectivity index (χ3v) is 3.80. The van der Waals surface area contributed by atoms with Gasteiger partial charge in [-0.2, -0.15) is 0 Å². The van der Waals surface area contributed by atoms with Gasteiger partial charge in [0, 0.05) is 29.7 Å². The molecule has 1 aliphatic heterocycles. The van der Waals surface area contributed by atoms with Crippen LogP contribution in [0.3, 0.4) is 0 Å². The second kappa shape index (κ2) is 6.61. The van der Waals surface area contributed by atoms with Gasteiger partial charge in [0.1, 0.15) is 5.82 Å². The van der Waals surface area contributed by atoms with Crippen LogP contribution in [0.15, 0.2) is 22.7 Å². The Labute approximate surface area is 115 Å². The normalized spacial score (nSPS) is 19.5. The van der Waals surface area contributed by atoms with E-state index in [-0.39, 0.29) is 18.5 Å². The third kappa shape index (κ3) is 3.29. The first kappa shape index (κ1) is 13.9. The average molecular weight is 317 g/mol. The maximum absolute atomic E-state index is 14.0. The number of nitrogens with zero attached hydrogens (tertiary/aromatic N) is 1. The van der Waals surface area contributed by atoms with Gasteiger partial charge in [-0.15, -0.1) is 0 Å². The smallest absolute Gasteiger partial charge is 0.129 e. The van der Waals surface area contributed by atoms with Gasteiger partial charge in [-0.1, -0.05) is 22.0 Å². The molecule has 3 nitrogen and oxygen atoms in total. The Morgan fingerprint density at radius 2 is 2.22 bits per heavy atom. The highest BCUT2D eigenvalue weighted by molar-refractivity contribution is 9.10. The van der Waals surface area contributed by atoms with Gasteiger partial charge in [0.25, 0.3) is 0 Å². The lowest BCUT2D eigenvalue weighted by Gasteiger charge is -2.29. The van der Waals surface area contributed by atoms with E-state index in [1.807, 2.05) is 6.07 Å². The lowest BCUT2D eigenvalue weighted by molar-refractivity contribution is 0.127. The van der Waals surface area contributed by atoms with Crippen molar-refractivity contribution in [2.75, 3.05) is 32.8 Å². The molecule has 1 unspecified atom stereocenters. The van der Waals surface area contributed by atoms with E-state index in [0.29, 0.717) is 5.56 Å². The highest BCUT2D eigenvalue weighted by Crippen LogP contribution is 2.25. The minimum Gasteiger partial charge on any atom is -0.394 e. The van der Waals surface area contributed by atoms with Crippen LogP contribution >= 0.6 is 15.9 Å². The molecule has 0 aliphatic carbocycles. The molecular formula is C13H18BrFN2O. The third-order valence-electron chi connectivity index (χ3n) is 3.31. The molecule has 1 saturated heterocycles. The first-order valence-corrected chi connectivity index (χ1v) is 7.02. The predicted octanol–water partition coefficient (Wildman–Crippen LogP) is 1.92. The fourth-order valence-electron chi connectivity index (χ4n) is 2.36. The van der Waals surface area contributed by atoms with E-state index >= 15 is 0 Å². The molecule has 100 valence electrons. The molecule has 1 aliphatic rings. The van der Waals surface area contributed by atoms with Gasteiger partial charge in [-0.3, -0.25) is 4.90 Å². The van der Waals surface area contributed by atoms with Gasteiger partial charge >= 0.3 is 0 Å². The summed E-state index contributed by atoms with van der Waals surface area (Å²) in [7, 11) is 0. The van der Waals surface area contributed by atoms with Crippen molar-refractivity contribution in [1.82, 2.24) is 10.2 Å². The summed E-state index contributed by atoms with van der Waals surface area (Å²) in [6.07, 6.45) is 1.02. The lowest BCUT2D eigenvalue weighted by atomic mass is 10.0. The molecule has 0 aromatic heterocycles. The minimum absolute atomic E-state index is 0.0570. The molecule has 0 saturated carbocycles. The van der Waals surface area contributed by atoms with Gasteiger partial charge in [0.15, 0.2) is 0 Å². The SMILES string of the molecule is OCC(c1ccc(Br)cc1F)N1CCCNCC1. The van der Waals surface area contributed by atoms with E-state index in [1.165, 1.54) is 6.07 Å². The highest BCUT2D eigenvalue weighted by atomic mass is 79.9. The molecular weight excluding hydrogens is 299 g/mol. The molecule has 0 spiro atoms. The number of aliphatic hydroxyl groups excluding tert-OH is 1. The van der Waals surface area contributed by atoms with Crippen LogP contribution in [0.1, 0.15) is 18.0 Å². The number of benzene rings is 1. The van der Waals surface area contributed by atoms with Gasteiger partial charge in [-0.25, -0.2) is 4.39 Å².